The maximum Gasteiger partial charge on any atom is 0.0992 e. The molecule has 0 aliphatic heterocycles. The summed E-state index contributed by atoms with van der Waals surface area (Å²) in [7, 11) is 0. The first-order valence-corrected chi connectivity index (χ1v) is 6.61. The quantitative estimate of drug-likeness (QED) is 0.832. The number of hydrogen-bond acceptors (Lipinski definition) is 3. The van der Waals surface area contributed by atoms with Gasteiger partial charge in [-0.3, -0.25) is 0 Å². The van der Waals surface area contributed by atoms with E-state index >= 15 is 0 Å². The second-order valence-electron chi connectivity index (χ2n) is 5.13. The average molecular weight is 265 g/mol. The van der Waals surface area contributed by atoms with E-state index in [9.17, 15) is 0 Å². The topological polar surface area (TPSA) is 61.8 Å². The maximum atomic E-state index is 8.93. The molecular formula is C17H19N3. The molecule has 0 heterocycles. The van der Waals surface area contributed by atoms with Crippen LogP contribution in [-0.4, -0.2) is 0 Å². The van der Waals surface area contributed by atoms with Gasteiger partial charge in [0, 0.05) is 6.54 Å². The van der Waals surface area contributed by atoms with Gasteiger partial charge in [-0.1, -0.05) is 12.1 Å². The molecule has 2 aromatic rings. The lowest BCUT2D eigenvalue weighted by Crippen LogP contribution is -2.05. The van der Waals surface area contributed by atoms with E-state index in [0.717, 1.165) is 5.69 Å². The first kappa shape index (κ1) is 14.0. The molecule has 0 aliphatic carbocycles. The molecule has 0 radical (unpaired) electrons. The Morgan fingerprint density at radius 1 is 1.05 bits per heavy atom. The van der Waals surface area contributed by atoms with E-state index in [4.69, 9.17) is 11.0 Å². The molecule has 0 atom stereocenters. The Labute approximate surface area is 120 Å². The summed E-state index contributed by atoms with van der Waals surface area (Å²) in [5.74, 6) is 0. The third kappa shape index (κ3) is 2.92. The van der Waals surface area contributed by atoms with Gasteiger partial charge in [0.1, 0.15) is 0 Å². The fraction of sp³-hybridized carbons (Fsp3) is 0.235. The Balaban J connectivity index is 2.21. The zero-order chi connectivity index (χ0) is 14.7. The van der Waals surface area contributed by atoms with Crippen molar-refractivity contribution in [3.63, 3.8) is 0 Å². The first-order chi connectivity index (χ1) is 9.51. The van der Waals surface area contributed by atoms with Gasteiger partial charge in [-0.05, 0) is 61.2 Å². The highest BCUT2D eigenvalue weighted by Crippen LogP contribution is 2.22. The number of benzene rings is 2. The molecule has 102 valence electrons. The Morgan fingerprint density at radius 2 is 1.75 bits per heavy atom. The van der Waals surface area contributed by atoms with Crippen LogP contribution in [0.1, 0.15) is 27.8 Å². The van der Waals surface area contributed by atoms with Crippen molar-refractivity contribution in [2.24, 2.45) is 0 Å². The zero-order valence-electron chi connectivity index (χ0n) is 12.1. The van der Waals surface area contributed by atoms with Gasteiger partial charge in [-0.25, -0.2) is 0 Å². The number of nitrogens with two attached hydrogens (primary N) is 1. The van der Waals surface area contributed by atoms with Crippen LogP contribution in [0.5, 0.6) is 0 Å². The lowest BCUT2D eigenvalue weighted by atomic mass is 10.0. The van der Waals surface area contributed by atoms with E-state index in [1.807, 2.05) is 0 Å². The molecule has 20 heavy (non-hydrogen) atoms. The van der Waals surface area contributed by atoms with Crippen LogP contribution in [0, 0.1) is 32.1 Å². The molecule has 3 nitrogen and oxygen atoms in total. The number of aryl methyl sites for hydroxylation is 3. The van der Waals surface area contributed by atoms with Gasteiger partial charge in [0.05, 0.1) is 23.0 Å². The van der Waals surface area contributed by atoms with E-state index in [1.54, 1.807) is 18.2 Å². The van der Waals surface area contributed by atoms with Crippen LogP contribution >= 0.6 is 0 Å². The highest BCUT2D eigenvalue weighted by molar-refractivity contribution is 5.68. The summed E-state index contributed by atoms with van der Waals surface area (Å²) in [6, 6.07) is 11.8. The SMILES string of the molecule is Cc1cc(C)c(CNc2cc(C#N)ccc2N)cc1C. The predicted octanol–water partition coefficient (Wildman–Crippen LogP) is 3.68. The van der Waals surface area contributed by atoms with E-state index in [0.29, 0.717) is 17.8 Å². The van der Waals surface area contributed by atoms with Crippen molar-refractivity contribution >= 4 is 11.4 Å². The summed E-state index contributed by atoms with van der Waals surface area (Å²) in [6.07, 6.45) is 0. The molecule has 0 fully saturated rings. The molecule has 0 aliphatic rings. The lowest BCUT2D eigenvalue weighted by molar-refractivity contribution is 1.10. The van der Waals surface area contributed by atoms with Gasteiger partial charge in [0.25, 0.3) is 0 Å². The molecule has 0 unspecified atom stereocenters. The van der Waals surface area contributed by atoms with Crippen molar-refractivity contribution in [3.8, 4) is 6.07 Å². The van der Waals surface area contributed by atoms with E-state index in [1.165, 1.54) is 22.3 Å². The minimum absolute atomic E-state index is 0.610. The van der Waals surface area contributed by atoms with Crippen LogP contribution in [0.25, 0.3) is 0 Å². The van der Waals surface area contributed by atoms with Crippen LogP contribution in [-0.2, 0) is 6.54 Å². The van der Waals surface area contributed by atoms with E-state index in [2.05, 4.69) is 44.3 Å². The van der Waals surface area contributed by atoms with Crippen molar-refractivity contribution in [1.29, 1.82) is 5.26 Å². The Kier molecular flexibility index (Phi) is 3.95. The summed E-state index contributed by atoms with van der Waals surface area (Å²) >= 11 is 0. The Morgan fingerprint density at radius 3 is 2.45 bits per heavy atom. The number of nitrogen functional groups attached to an aromatic ring is 1. The van der Waals surface area contributed by atoms with E-state index in [-0.39, 0.29) is 0 Å². The molecule has 0 saturated carbocycles. The average Bonchev–Trinajstić information content (AvgIpc) is 2.43. The summed E-state index contributed by atoms with van der Waals surface area (Å²) in [5.41, 5.74) is 13.1. The molecule has 0 saturated heterocycles. The molecule has 0 spiro atoms. The second kappa shape index (κ2) is 5.66. The summed E-state index contributed by atoms with van der Waals surface area (Å²) in [4.78, 5) is 0. The minimum atomic E-state index is 0.610. The summed E-state index contributed by atoms with van der Waals surface area (Å²) in [5, 5.41) is 12.2. The second-order valence-corrected chi connectivity index (χ2v) is 5.13. The number of hydrogen-bond donors (Lipinski definition) is 2. The molecule has 0 aromatic heterocycles. The fourth-order valence-corrected chi connectivity index (χ4v) is 2.18. The van der Waals surface area contributed by atoms with Crippen molar-refractivity contribution in [3.05, 3.63) is 58.1 Å². The number of rotatable bonds is 3. The minimum Gasteiger partial charge on any atom is -0.397 e. The molecule has 2 rings (SSSR count). The highest BCUT2D eigenvalue weighted by Gasteiger charge is 2.04. The maximum absolute atomic E-state index is 8.93. The summed E-state index contributed by atoms with van der Waals surface area (Å²) < 4.78 is 0. The van der Waals surface area contributed by atoms with Gasteiger partial charge in [0.15, 0.2) is 0 Å². The van der Waals surface area contributed by atoms with Gasteiger partial charge in [-0.2, -0.15) is 5.26 Å². The third-order valence-corrected chi connectivity index (χ3v) is 3.60. The normalized spacial score (nSPS) is 10.1. The molecule has 3 heteroatoms. The highest BCUT2D eigenvalue weighted by atomic mass is 14.9. The first-order valence-electron chi connectivity index (χ1n) is 6.61. The number of nitriles is 1. The van der Waals surface area contributed by atoms with Crippen LogP contribution in [0.4, 0.5) is 11.4 Å². The molecule has 3 N–H and O–H groups in total. The van der Waals surface area contributed by atoms with Gasteiger partial charge < -0.3 is 11.1 Å². The van der Waals surface area contributed by atoms with Gasteiger partial charge >= 0.3 is 0 Å². The fourth-order valence-electron chi connectivity index (χ4n) is 2.18. The van der Waals surface area contributed by atoms with Crippen molar-refractivity contribution in [1.82, 2.24) is 0 Å². The predicted molar refractivity (Wildman–Crippen MR) is 83.5 cm³/mol. The van der Waals surface area contributed by atoms with Crippen LogP contribution in [0.2, 0.25) is 0 Å². The lowest BCUT2D eigenvalue weighted by Gasteiger charge is -2.13. The van der Waals surface area contributed by atoms with Gasteiger partial charge in [-0.15, -0.1) is 0 Å². The van der Waals surface area contributed by atoms with Crippen LogP contribution in [0.15, 0.2) is 30.3 Å². The third-order valence-electron chi connectivity index (χ3n) is 3.60. The van der Waals surface area contributed by atoms with Crippen molar-refractivity contribution in [2.75, 3.05) is 11.1 Å². The monoisotopic (exact) mass is 265 g/mol. The largest absolute Gasteiger partial charge is 0.397 e. The zero-order valence-corrected chi connectivity index (χ0v) is 12.1. The molecule has 2 aromatic carbocycles. The molecule has 0 amide bonds. The van der Waals surface area contributed by atoms with Crippen molar-refractivity contribution < 1.29 is 0 Å². The standard InChI is InChI=1S/C17H19N3/c1-11-6-13(3)15(7-12(11)2)10-20-17-8-14(9-18)4-5-16(17)19/h4-8,20H,10,19H2,1-3H3. The summed E-state index contributed by atoms with van der Waals surface area (Å²) in [6.45, 7) is 7.04. The molecular weight excluding hydrogens is 246 g/mol. The number of anilines is 2. The Hall–Kier alpha value is -2.47. The molecule has 0 bridgehead atoms. The van der Waals surface area contributed by atoms with Crippen molar-refractivity contribution in [2.45, 2.75) is 27.3 Å². The van der Waals surface area contributed by atoms with Crippen LogP contribution in [0.3, 0.4) is 0 Å². The smallest absolute Gasteiger partial charge is 0.0992 e. The van der Waals surface area contributed by atoms with Gasteiger partial charge in [0.2, 0.25) is 0 Å². The number of nitrogens with one attached hydrogen (secondary N) is 1. The number of nitrogens with zero attached hydrogens (tertiary/aromatic N) is 1. The van der Waals surface area contributed by atoms with E-state index < -0.39 is 0 Å². The Bertz CT molecular complexity index is 681. The van der Waals surface area contributed by atoms with Crippen LogP contribution < -0.4 is 11.1 Å².